The van der Waals surface area contributed by atoms with Crippen molar-refractivity contribution in [2.24, 2.45) is 0 Å². The number of halogens is 1. The Kier molecular flexibility index (Phi) is 8.67. The number of esters is 1. The van der Waals surface area contributed by atoms with Gasteiger partial charge in [0.2, 0.25) is 0 Å². The molecule has 0 saturated carbocycles. The molecule has 0 N–H and O–H groups in total. The quantitative estimate of drug-likeness (QED) is 0.426. The van der Waals surface area contributed by atoms with Gasteiger partial charge >= 0.3 is 5.97 Å². The van der Waals surface area contributed by atoms with Gasteiger partial charge in [0.05, 0.1) is 18.7 Å². The van der Waals surface area contributed by atoms with Crippen LogP contribution in [0.1, 0.15) is 40.7 Å². The highest BCUT2D eigenvalue weighted by Crippen LogP contribution is 2.21. The van der Waals surface area contributed by atoms with E-state index in [0.29, 0.717) is 31.7 Å². The van der Waals surface area contributed by atoms with E-state index in [-0.39, 0.29) is 11.6 Å². The van der Waals surface area contributed by atoms with Gasteiger partial charge in [-0.05, 0) is 70.9 Å². The molecule has 0 aliphatic heterocycles. The summed E-state index contributed by atoms with van der Waals surface area (Å²) in [5.41, 5.74) is 2.98. The van der Waals surface area contributed by atoms with E-state index in [9.17, 15) is 9.18 Å². The normalized spacial score (nSPS) is 11.0. The molecule has 5 nitrogen and oxygen atoms in total. The summed E-state index contributed by atoms with van der Waals surface area (Å²) in [4.78, 5) is 18.9. The van der Waals surface area contributed by atoms with Gasteiger partial charge < -0.3 is 14.4 Å². The van der Waals surface area contributed by atoms with Crippen molar-refractivity contribution < 1.29 is 18.7 Å². The summed E-state index contributed by atoms with van der Waals surface area (Å²) < 4.78 is 24.7. The van der Waals surface area contributed by atoms with E-state index in [1.54, 1.807) is 24.6 Å². The number of aromatic nitrogens is 1. The summed E-state index contributed by atoms with van der Waals surface area (Å²) in [6.07, 6.45) is 3.14. The van der Waals surface area contributed by atoms with Crippen molar-refractivity contribution in [2.45, 2.75) is 32.6 Å². The van der Waals surface area contributed by atoms with Gasteiger partial charge in [0, 0.05) is 4.88 Å². The van der Waals surface area contributed by atoms with Crippen molar-refractivity contribution in [2.75, 3.05) is 33.9 Å². The van der Waals surface area contributed by atoms with Crippen molar-refractivity contribution in [3.63, 3.8) is 0 Å². The molecule has 1 aromatic heterocycles. The van der Waals surface area contributed by atoms with Crippen LogP contribution in [0.4, 0.5) is 4.39 Å². The Morgan fingerprint density at radius 3 is 2.78 bits per heavy atom. The van der Waals surface area contributed by atoms with Gasteiger partial charge in [-0.1, -0.05) is 6.07 Å². The molecular formula is C20H27FN2O3S. The van der Waals surface area contributed by atoms with Crippen molar-refractivity contribution in [1.29, 1.82) is 0 Å². The van der Waals surface area contributed by atoms with Gasteiger partial charge in [0.15, 0.2) is 17.3 Å². The van der Waals surface area contributed by atoms with Crippen LogP contribution in [0.25, 0.3) is 0 Å². The summed E-state index contributed by atoms with van der Waals surface area (Å²) in [5.74, 6) is -0.464. The van der Waals surface area contributed by atoms with Crippen LogP contribution in [0, 0.1) is 5.82 Å². The summed E-state index contributed by atoms with van der Waals surface area (Å²) >= 11 is 1.42. The van der Waals surface area contributed by atoms with Crippen molar-refractivity contribution >= 4 is 17.3 Å². The molecule has 0 spiro atoms. The minimum atomic E-state index is -0.398. The smallest absolute Gasteiger partial charge is 0.358 e. The van der Waals surface area contributed by atoms with Crippen LogP contribution in [-0.4, -0.2) is 49.7 Å². The third kappa shape index (κ3) is 6.92. The minimum absolute atomic E-state index is 0.265. The lowest BCUT2D eigenvalue weighted by Crippen LogP contribution is -2.13. The average Bonchev–Trinajstić information content (AvgIpc) is 3.08. The fraction of sp³-hybridized carbons (Fsp3) is 0.500. The number of thiazole rings is 1. The Morgan fingerprint density at radius 2 is 2.07 bits per heavy atom. The molecule has 0 aliphatic rings. The number of ether oxygens (including phenoxy) is 2. The van der Waals surface area contributed by atoms with E-state index in [1.165, 1.54) is 11.3 Å². The number of carbonyl (C=O) groups excluding carboxylic acids is 1. The van der Waals surface area contributed by atoms with Crippen LogP contribution >= 0.6 is 11.3 Å². The molecule has 0 bridgehead atoms. The molecule has 0 aliphatic carbocycles. The second-order valence-corrected chi connectivity index (χ2v) is 7.41. The lowest BCUT2D eigenvalue weighted by atomic mass is 10.1. The maximum Gasteiger partial charge on any atom is 0.358 e. The molecule has 0 radical (unpaired) electrons. The molecule has 27 heavy (non-hydrogen) atoms. The molecule has 2 rings (SSSR count). The summed E-state index contributed by atoms with van der Waals surface area (Å²) in [5, 5.41) is 0. The minimum Gasteiger partial charge on any atom is -0.491 e. The topological polar surface area (TPSA) is 51.7 Å². The zero-order chi connectivity index (χ0) is 19.6. The summed E-state index contributed by atoms with van der Waals surface area (Å²) in [6.45, 7) is 3.44. The molecule has 1 heterocycles. The van der Waals surface area contributed by atoms with Crippen molar-refractivity contribution in [1.82, 2.24) is 9.88 Å². The van der Waals surface area contributed by atoms with Gasteiger partial charge in [-0.25, -0.2) is 14.2 Å². The third-order valence-electron chi connectivity index (χ3n) is 3.98. The predicted molar refractivity (Wildman–Crippen MR) is 105 cm³/mol. The first-order valence-corrected chi connectivity index (χ1v) is 10.0. The Balaban J connectivity index is 1.79. The fourth-order valence-corrected chi connectivity index (χ4v) is 3.44. The predicted octanol–water partition coefficient (Wildman–Crippen LogP) is 3.96. The second-order valence-electron chi connectivity index (χ2n) is 6.47. The largest absolute Gasteiger partial charge is 0.491 e. The number of hydrogen-bond acceptors (Lipinski definition) is 6. The molecule has 0 unspecified atom stereocenters. The number of hydrogen-bond donors (Lipinski definition) is 0. The van der Waals surface area contributed by atoms with E-state index >= 15 is 0 Å². The molecule has 0 atom stereocenters. The van der Waals surface area contributed by atoms with E-state index in [4.69, 9.17) is 9.47 Å². The molecule has 0 fully saturated rings. The van der Waals surface area contributed by atoms with Gasteiger partial charge in [-0.2, -0.15) is 0 Å². The Hall–Kier alpha value is -1.99. The Bertz CT molecular complexity index is 734. The molecule has 2 aromatic rings. The third-order valence-corrected chi connectivity index (χ3v) is 4.88. The first kappa shape index (κ1) is 21.3. The summed E-state index contributed by atoms with van der Waals surface area (Å²) in [7, 11) is 4.05. The zero-order valence-electron chi connectivity index (χ0n) is 16.2. The highest BCUT2D eigenvalue weighted by molar-refractivity contribution is 7.09. The lowest BCUT2D eigenvalue weighted by molar-refractivity contribution is 0.0519. The molecule has 0 amide bonds. The van der Waals surface area contributed by atoms with Crippen LogP contribution in [0.5, 0.6) is 5.75 Å². The molecule has 0 saturated heterocycles. The number of carbonyl (C=O) groups is 1. The van der Waals surface area contributed by atoms with Gasteiger partial charge in [0.25, 0.3) is 0 Å². The van der Waals surface area contributed by atoms with Crippen LogP contribution in [-0.2, 0) is 17.6 Å². The van der Waals surface area contributed by atoms with Crippen LogP contribution in [0.3, 0.4) is 0 Å². The van der Waals surface area contributed by atoms with E-state index in [0.717, 1.165) is 29.8 Å². The maximum absolute atomic E-state index is 14.2. The first-order valence-electron chi connectivity index (χ1n) is 9.16. The van der Waals surface area contributed by atoms with Crippen molar-refractivity contribution in [3.8, 4) is 5.75 Å². The van der Waals surface area contributed by atoms with Gasteiger partial charge in [-0.3, -0.25) is 0 Å². The van der Waals surface area contributed by atoms with E-state index in [1.807, 2.05) is 20.2 Å². The van der Waals surface area contributed by atoms with Gasteiger partial charge in [0.1, 0.15) is 0 Å². The maximum atomic E-state index is 14.2. The lowest BCUT2D eigenvalue weighted by Gasteiger charge is -2.11. The molecule has 7 heteroatoms. The van der Waals surface area contributed by atoms with Crippen molar-refractivity contribution in [3.05, 3.63) is 45.7 Å². The zero-order valence-corrected chi connectivity index (χ0v) is 17.0. The Morgan fingerprint density at radius 1 is 1.26 bits per heavy atom. The highest BCUT2D eigenvalue weighted by Gasteiger charge is 2.15. The second kappa shape index (κ2) is 11.0. The fourth-order valence-electron chi connectivity index (χ4n) is 2.64. The summed E-state index contributed by atoms with van der Waals surface area (Å²) in [6, 6.07) is 5.15. The van der Waals surface area contributed by atoms with E-state index in [2.05, 4.69) is 9.88 Å². The average molecular weight is 395 g/mol. The molecular weight excluding hydrogens is 367 g/mol. The van der Waals surface area contributed by atoms with Gasteiger partial charge in [-0.15, -0.1) is 11.3 Å². The van der Waals surface area contributed by atoms with Crippen LogP contribution < -0.4 is 4.74 Å². The molecule has 1 aromatic carbocycles. The number of nitrogens with zero attached hydrogens (tertiary/aromatic N) is 2. The molecule has 148 valence electrons. The van der Waals surface area contributed by atoms with Crippen LogP contribution in [0.2, 0.25) is 0 Å². The number of aryl methyl sites for hydroxylation is 2. The SMILES string of the molecule is CCOC(=O)c1ncsc1CCCOc1ccc(CCCN(C)C)cc1F. The number of rotatable bonds is 11. The number of benzene rings is 1. The highest BCUT2D eigenvalue weighted by atomic mass is 32.1. The van der Waals surface area contributed by atoms with Crippen LogP contribution in [0.15, 0.2) is 23.7 Å². The first-order chi connectivity index (χ1) is 13.0. The van der Waals surface area contributed by atoms with E-state index < -0.39 is 5.97 Å². The Labute approximate surface area is 164 Å². The standard InChI is InChI=1S/C20H27FN2O3S/c1-4-25-20(24)19-18(27-14-22-19)8-6-12-26-17-10-9-15(13-16(17)21)7-5-11-23(2)3/h9-10,13-14H,4-8,11-12H2,1-3H3. The monoisotopic (exact) mass is 394 g/mol.